The lowest BCUT2D eigenvalue weighted by molar-refractivity contribution is 0.102. The maximum absolute atomic E-state index is 12.3. The van der Waals surface area contributed by atoms with E-state index in [2.05, 4.69) is 20.4 Å². The molecule has 0 atom stereocenters. The maximum atomic E-state index is 12.3. The summed E-state index contributed by atoms with van der Waals surface area (Å²) in [5.41, 5.74) is 2.37. The summed E-state index contributed by atoms with van der Waals surface area (Å²) >= 11 is 0. The van der Waals surface area contributed by atoms with E-state index < -0.39 is 0 Å². The summed E-state index contributed by atoms with van der Waals surface area (Å²) in [7, 11) is 4.65. The second-order valence-electron chi connectivity index (χ2n) is 6.27. The van der Waals surface area contributed by atoms with E-state index in [1.54, 1.807) is 74.6 Å². The molecule has 0 saturated carbocycles. The van der Waals surface area contributed by atoms with Gasteiger partial charge in [0.15, 0.2) is 23.0 Å². The molecule has 0 bridgehead atoms. The van der Waals surface area contributed by atoms with Gasteiger partial charge < -0.3 is 19.5 Å². The van der Waals surface area contributed by atoms with Gasteiger partial charge in [0, 0.05) is 18.0 Å². The van der Waals surface area contributed by atoms with Crippen LogP contribution >= 0.6 is 0 Å². The van der Waals surface area contributed by atoms with Crippen molar-refractivity contribution in [1.82, 2.24) is 19.6 Å². The van der Waals surface area contributed by atoms with Gasteiger partial charge in [0.05, 0.1) is 38.8 Å². The third-order valence-corrected chi connectivity index (χ3v) is 4.44. The minimum absolute atomic E-state index is 0.257. The average molecular weight is 405 g/mol. The highest BCUT2D eigenvalue weighted by atomic mass is 16.5. The molecule has 0 spiro atoms. The zero-order chi connectivity index (χ0) is 21.1. The Morgan fingerprint density at radius 3 is 2.43 bits per heavy atom. The van der Waals surface area contributed by atoms with Crippen molar-refractivity contribution in [3.05, 3.63) is 60.6 Å². The molecule has 4 aromatic rings. The molecule has 3 aromatic heterocycles. The highest BCUT2D eigenvalue weighted by molar-refractivity contribution is 6.04. The van der Waals surface area contributed by atoms with Gasteiger partial charge >= 0.3 is 0 Å². The summed E-state index contributed by atoms with van der Waals surface area (Å²) in [4.78, 5) is 20.8. The van der Waals surface area contributed by atoms with Crippen LogP contribution in [0, 0.1) is 0 Å². The number of nitrogens with one attached hydrogen (secondary N) is 1. The van der Waals surface area contributed by atoms with E-state index in [4.69, 9.17) is 14.2 Å². The molecule has 3 heterocycles. The third-order valence-electron chi connectivity index (χ3n) is 4.44. The lowest BCUT2D eigenvalue weighted by Gasteiger charge is -2.12. The molecular formula is C21H19N5O4. The average Bonchev–Trinajstić information content (AvgIpc) is 3.22. The van der Waals surface area contributed by atoms with Gasteiger partial charge in [-0.3, -0.25) is 9.78 Å². The Kier molecular flexibility index (Phi) is 5.17. The van der Waals surface area contributed by atoms with E-state index in [1.807, 2.05) is 0 Å². The van der Waals surface area contributed by atoms with E-state index in [0.29, 0.717) is 45.5 Å². The molecule has 1 N–H and O–H groups in total. The second-order valence-corrected chi connectivity index (χ2v) is 6.27. The van der Waals surface area contributed by atoms with E-state index in [-0.39, 0.29) is 5.91 Å². The van der Waals surface area contributed by atoms with Gasteiger partial charge in [0.25, 0.3) is 5.91 Å². The van der Waals surface area contributed by atoms with Crippen LogP contribution in [0.25, 0.3) is 17.0 Å². The van der Waals surface area contributed by atoms with Gasteiger partial charge in [0.1, 0.15) is 0 Å². The van der Waals surface area contributed by atoms with Crippen LogP contribution in [-0.4, -0.2) is 46.8 Å². The lowest BCUT2D eigenvalue weighted by atomic mass is 10.1. The highest BCUT2D eigenvalue weighted by Crippen LogP contribution is 2.40. The first kappa shape index (κ1) is 19.2. The van der Waals surface area contributed by atoms with Gasteiger partial charge in [-0.25, -0.2) is 9.50 Å². The first-order valence-electron chi connectivity index (χ1n) is 9.01. The predicted octanol–water partition coefficient (Wildman–Crippen LogP) is 3.07. The normalized spacial score (nSPS) is 10.6. The lowest BCUT2D eigenvalue weighted by Crippen LogP contribution is -2.12. The number of carbonyl (C=O) groups is 1. The van der Waals surface area contributed by atoms with E-state index in [9.17, 15) is 4.79 Å². The molecule has 0 aliphatic rings. The molecule has 4 rings (SSSR count). The Balaban J connectivity index is 1.67. The summed E-state index contributed by atoms with van der Waals surface area (Å²) in [6, 6.07) is 10.5. The topological polar surface area (TPSA) is 99.9 Å². The van der Waals surface area contributed by atoms with Crippen molar-refractivity contribution in [1.29, 1.82) is 0 Å². The number of hydrogen-bond acceptors (Lipinski definition) is 7. The molecule has 0 fully saturated rings. The van der Waals surface area contributed by atoms with Crippen molar-refractivity contribution < 1.29 is 19.0 Å². The Morgan fingerprint density at radius 2 is 1.80 bits per heavy atom. The van der Waals surface area contributed by atoms with E-state index in [1.165, 1.54) is 6.20 Å². The van der Waals surface area contributed by atoms with Crippen LogP contribution in [0.3, 0.4) is 0 Å². The maximum Gasteiger partial charge on any atom is 0.257 e. The fraction of sp³-hybridized carbons (Fsp3) is 0.143. The quantitative estimate of drug-likeness (QED) is 0.526. The largest absolute Gasteiger partial charge is 0.493 e. The summed E-state index contributed by atoms with van der Waals surface area (Å²) in [5.74, 6) is 1.73. The van der Waals surface area contributed by atoms with Crippen molar-refractivity contribution in [3.63, 3.8) is 0 Å². The summed E-state index contributed by atoms with van der Waals surface area (Å²) in [5, 5.41) is 7.35. The standard InChI is InChI=1S/C21H19N5O4/c1-28-16-9-14(10-17(29-2)19(16)30-3)20-24-18-7-6-15(12-26(18)25-20)23-21(27)13-5-4-8-22-11-13/h4-12H,1-3H3,(H,23,27). The van der Waals surface area contributed by atoms with Crippen LogP contribution in [0.4, 0.5) is 5.69 Å². The number of nitrogens with zero attached hydrogens (tertiary/aromatic N) is 4. The number of amides is 1. The molecule has 9 nitrogen and oxygen atoms in total. The zero-order valence-corrected chi connectivity index (χ0v) is 16.6. The van der Waals surface area contributed by atoms with Gasteiger partial charge in [-0.2, -0.15) is 0 Å². The second kappa shape index (κ2) is 8.08. The Morgan fingerprint density at radius 1 is 1.03 bits per heavy atom. The van der Waals surface area contributed by atoms with Gasteiger partial charge in [-0.15, -0.1) is 5.10 Å². The number of anilines is 1. The van der Waals surface area contributed by atoms with Gasteiger partial charge in [-0.1, -0.05) is 0 Å². The predicted molar refractivity (Wildman–Crippen MR) is 110 cm³/mol. The van der Waals surface area contributed by atoms with Crippen molar-refractivity contribution >= 4 is 17.2 Å². The van der Waals surface area contributed by atoms with Crippen LogP contribution in [-0.2, 0) is 0 Å². The molecule has 0 unspecified atom stereocenters. The zero-order valence-electron chi connectivity index (χ0n) is 16.6. The smallest absolute Gasteiger partial charge is 0.257 e. The fourth-order valence-electron chi connectivity index (χ4n) is 2.99. The SMILES string of the molecule is COc1cc(-c2nc3ccc(NC(=O)c4cccnc4)cn3n2)cc(OC)c1OC. The molecular weight excluding hydrogens is 386 g/mol. The molecule has 152 valence electrons. The van der Waals surface area contributed by atoms with Gasteiger partial charge in [-0.05, 0) is 36.4 Å². The summed E-state index contributed by atoms with van der Waals surface area (Å²) < 4.78 is 17.8. The number of hydrogen-bond donors (Lipinski definition) is 1. The molecule has 1 aromatic carbocycles. The number of rotatable bonds is 6. The number of carbonyl (C=O) groups excluding carboxylic acids is 1. The highest BCUT2D eigenvalue weighted by Gasteiger charge is 2.17. The number of benzene rings is 1. The van der Waals surface area contributed by atoms with Crippen LogP contribution in [0.15, 0.2) is 55.0 Å². The van der Waals surface area contributed by atoms with E-state index in [0.717, 1.165) is 0 Å². The van der Waals surface area contributed by atoms with Crippen LogP contribution in [0.2, 0.25) is 0 Å². The number of methoxy groups -OCH3 is 3. The van der Waals surface area contributed by atoms with Gasteiger partial charge in [0.2, 0.25) is 5.75 Å². The van der Waals surface area contributed by atoms with E-state index >= 15 is 0 Å². The molecule has 9 heteroatoms. The van der Waals surface area contributed by atoms with Crippen molar-refractivity contribution in [2.24, 2.45) is 0 Å². The molecule has 1 amide bonds. The molecule has 0 radical (unpaired) electrons. The minimum Gasteiger partial charge on any atom is -0.493 e. The van der Waals surface area contributed by atoms with Crippen LogP contribution in [0.1, 0.15) is 10.4 Å². The Hall–Kier alpha value is -4.14. The molecule has 0 aliphatic heterocycles. The van der Waals surface area contributed by atoms with Crippen molar-refractivity contribution in [2.75, 3.05) is 26.6 Å². The summed E-state index contributed by atoms with van der Waals surface area (Å²) in [6.45, 7) is 0. The Labute approximate surface area is 172 Å². The van der Waals surface area contributed by atoms with Crippen LogP contribution in [0.5, 0.6) is 17.2 Å². The molecule has 30 heavy (non-hydrogen) atoms. The number of aromatic nitrogens is 4. The molecule has 0 saturated heterocycles. The third kappa shape index (κ3) is 3.60. The number of pyridine rings is 2. The monoisotopic (exact) mass is 405 g/mol. The van der Waals surface area contributed by atoms with Crippen molar-refractivity contribution in [3.8, 4) is 28.6 Å². The first-order chi connectivity index (χ1) is 14.6. The van der Waals surface area contributed by atoms with Crippen molar-refractivity contribution in [2.45, 2.75) is 0 Å². The Bertz CT molecular complexity index is 1180. The number of ether oxygens (including phenoxy) is 3. The molecule has 0 aliphatic carbocycles. The summed E-state index contributed by atoms with van der Waals surface area (Å²) in [6.07, 6.45) is 4.81. The van der Waals surface area contributed by atoms with Crippen LogP contribution < -0.4 is 19.5 Å². The number of fused-ring (bicyclic) bond motifs is 1. The fourth-order valence-corrected chi connectivity index (χ4v) is 2.99. The first-order valence-corrected chi connectivity index (χ1v) is 9.01. The minimum atomic E-state index is -0.257.